The van der Waals surface area contributed by atoms with E-state index < -0.39 is 5.41 Å². The Morgan fingerprint density at radius 1 is 1.41 bits per heavy atom. The number of nitrogens with zero attached hydrogens (tertiary/aromatic N) is 1. The van der Waals surface area contributed by atoms with E-state index in [1.165, 1.54) is 0 Å². The molecule has 0 N–H and O–H groups in total. The third kappa shape index (κ3) is 2.89. The van der Waals surface area contributed by atoms with E-state index in [0.29, 0.717) is 5.92 Å². The van der Waals surface area contributed by atoms with Crippen molar-refractivity contribution >= 4 is 5.78 Å². The fourth-order valence-corrected chi connectivity index (χ4v) is 3.24. The molecule has 1 aliphatic carbocycles. The molecule has 1 saturated carbocycles. The Balaban J connectivity index is 2.88. The van der Waals surface area contributed by atoms with E-state index in [0.717, 1.165) is 38.5 Å². The molecule has 0 bridgehead atoms. The molecule has 0 amide bonds. The second-order valence-corrected chi connectivity index (χ2v) is 6.36. The van der Waals surface area contributed by atoms with E-state index in [2.05, 4.69) is 19.9 Å². The van der Waals surface area contributed by atoms with Crippen LogP contribution in [-0.4, -0.2) is 5.78 Å². The molecule has 1 fully saturated rings. The van der Waals surface area contributed by atoms with Crippen LogP contribution in [0, 0.1) is 28.1 Å². The molecule has 2 atom stereocenters. The summed E-state index contributed by atoms with van der Waals surface area (Å²) in [5.41, 5.74) is -1.00. The minimum atomic E-state index is -0.698. The van der Waals surface area contributed by atoms with Crippen molar-refractivity contribution in [2.24, 2.45) is 16.7 Å². The molecule has 2 unspecified atom stereocenters. The lowest BCUT2D eigenvalue weighted by atomic mass is 9.60. The van der Waals surface area contributed by atoms with Crippen LogP contribution in [0.4, 0.5) is 0 Å². The summed E-state index contributed by atoms with van der Waals surface area (Å²) in [6, 6.07) is 2.36. The van der Waals surface area contributed by atoms with Gasteiger partial charge in [0.2, 0.25) is 0 Å². The summed E-state index contributed by atoms with van der Waals surface area (Å²) in [7, 11) is 0. The quantitative estimate of drug-likeness (QED) is 0.736. The Morgan fingerprint density at radius 3 is 2.59 bits per heavy atom. The average Bonchev–Trinajstić information content (AvgIpc) is 2.25. The maximum Gasteiger partial charge on any atom is 0.158 e. The minimum absolute atomic E-state index is 0.182. The molecule has 0 aromatic rings. The smallest absolute Gasteiger partial charge is 0.158 e. The zero-order chi connectivity index (χ0) is 13.1. The van der Waals surface area contributed by atoms with Crippen LogP contribution in [0.25, 0.3) is 0 Å². The standard InChI is InChI=1S/C15H25NO/c1-5-7-12(2)10-15(11-16)9-6-8-14(3,4)13(15)17/h12H,5-10H2,1-4H3. The molecule has 1 rings (SSSR count). The predicted octanol–water partition coefficient (Wildman–Crippen LogP) is 4.10. The van der Waals surface area contributed by atoms with Crippen molar-refractivity contribution in [3.8, 4) is 6.07 Å². The summed E-state index contributed by atoms with van der Waals surface area (Å²) in [5, 5.41) is 9.49. The van der Waals surface area contributed by atoms with Gasteiger partial charge in [-0.15, -0.1) is 0 Å². The third-order valence-electron chi connectivity index (χ3n) is 4.15. The molecule has 2 heteroatoms. The number of rotatable bonds is 4. The van der Waals surface area contributed by atoms with Gasteiger partial charge in [0.05, 0.1) is 6.07 Å². The maximum absolute atomic E-state index is 12.5. The molecule has 17 heavy (non-hydrogen) atoms. The molecule has 0 saturated heterocycles. The van der Waals surface area contributed by atoms with Gasteiger partial charge in [0.1, 0.15) is 5.41 Å². The van der Waals surface area contributed by atoms with Gasteiger partial charge in [0.15, 0.2) is 5.78 Å². The fraction of sp³-hybridized carbons (Fsp3) is 0.867. The monoisotopic (exact) mass is 235 g/mol. The molecule has 96 valence electrons. The van der Waals surface area contributed by atoms with Crippen LogP contribution in [0.2, 0.25) is 0 Å². The summed E-state index contributed by atoms with van der Waals surface area (Å²) in [6.45, 7) is 8.30. The highest BCUT2D eigenvalue weighted by molar-refractivity contribution is 5.92. The van der Waals surface area contributed by atoms with Gasteiger partial charge in [-0.2, -0.15) is 5.26 Å². The van der Waals surface area contributed by atoms with Crippen LogP contribution in [0.15, 0.2) is 0 Å². The molecule has 0 radical (unpaired) electrons. The van der Waals surface area contributed by atoms with Crippen LogP contribution < -0.4 is 0 Å². The van der Waals surface area contributed by atoms with E-state index in [-0.39, 0.29) is 11.2 Å². The molecular formula is C15H25NO. The molecule has 0 aliphatic heterocycles. The van der Waals surface area contributed by atoms with E-state index in [4.69, 9.17) is 0 Å². The highest BCUT2D eigenvalue weighted by Crippen LogP contribution is 2.46. The van der Waals surface area contributed by atoms with Gasteiger partial charge in [-0.3, -0.25) is 4.79 Å². The van der Waals surface area contributed by atoms with Crippen LogP contribution in [-0.2, 0) is 4.79 Å². The van der Waals surface area contributed by atoms with Crippen molar-refractivity contribution in [1.82, 2.24) is 0 Å². The summed E-state index contributed by atoms with van der Waals surface area (Å²) >= 11 is 0. The van der Waals surface area contributed by atoms with Crippen molar-refractivity contribution in [1.29, 1.82) is 5.26 Å². The minimum Gasteiger partial charge on any atom is -0.297 e. The number of carbonyl (C=O) groups excluding carboxylic acids is 1. The summed E-state index contributed by atoms with van der Waals surface area (Å²) in [6.07, 6.45) is 5.68. The number of ketones is 1. The number of hydrogen-bond donors (Lipinski definition) is 0. The number of Topliss-reactive ketones (excluding diaryl/α,β-unsaturated/α-hetero) is 1. The lowest BCUT2D eigenvalue weighted by Gasteiger charge is -2.40. The second kappa shape index (κ2) is 5.21. The first-order valence-corrected chi connectivity index (χ1v) is 6.84. The van der Waals surface area contributed by atoms with Gasteiger partial charge < -0.3 is 0 Å². The second-order valence-electron chi connectivity index (χ2n) is 6.36. The number of nitriles is 1. The van der Waals surface area contributed by atoms with Gasteiger partial charge >= 0.3 is 0 Å². The fourth-order valence-electron chi connectivity index (χ4n) is 3.24. The SMILES string of the molecule is CCCC(C)CC1(C#N)CCCC(C)(C)C1=O. The topological polar surface area (TPSA) is 40.9 Å². The molecular weight excluding hydrogens is 210 g/mol. The first-order chi connectivity index (χ1) is 7.88. The Bertz CT molecular complexity index is 326. The van der Waals surface area contributed by atoms with Gasteiger partial charge in [-0.1, -0.05) is 47.0 Å². The highest BCUT2D eigenvalue weighted by Gasteiger charge is 2.49. The van der Waals surface area contributed by atoms with E-state index >= 15 is 0 Å². The van der Waals surface area contributed by atoms with Crippen LogP contribution in [0.5, 0.6) is 0 Å². The van der Waals surface area contributed by atoms with Crippen LogP contribution in [0.3, 0.4) is 0 Å². The first-order valence-electron chi connectivity index (χ1n) is 6.84. The predicted molar refractivity (Wildman–Crippen MR) is 69.4 cm³/mol. The Kier molecular flexibility index (Phi) is 4.36. The van der Waals surface area contributed by atoms with Crippen LogP contribution in [0.1, 0.15) is 66.2 Å². The number of carbonyl (C=O) groups is 1. The van der Waals surface area contributed by atoms with E-state index in [1.807, 2.05) is 13.8 Å². The van der Waals surface area contributed by atoms with Crippen molar-refractivity contribution in [3.63, 3.8) is 0 Å². The van der Waals surface area contributed by atoms with Crippen molar-refractivity contribution in [3.05, 3.63) is 0 Å². The highest BCUT2D eigenvalue weighted by atomic mass is 16.1. The Labute approximate surface area is 105 Å². The summed E-state index contributed by atoms with van der Waals surface area (Å²) in [5.74, 6) is 0.652. The molecule has 0 aromatic heterocycles. The van der Waals surface area contributed by atoms with Crippen molar-refractivity contribution < 1.29 is 4.79 Å². The Hall–Kier alpha value is -0.840. The molecule has 0 spiro atoms. The normalized spacial score (nSPS) is 29.7. The lowest BCUT2D eigenvalue weighted by Crippen LogP contribution is -2.44. The lowest BCUT2D eigenvalue weighted by molar-refractivity contribution is -0.139. The van der Waals surface area contributed by atoms with Crippen LogP contribution >= 0.6 is 0 Å². The molecule has 0 heterocycles. The summed E-state index contributed by atoms with van der Waals surface area (Å²) < 4.78 is 0. The Morgan fingerprint density at radius 2 is 2.06 bits per heavy atom. The van der Waals surface area contributed by atoms with Gasteiger partial charge in [-0.05, 0) is 25.2 Å². The molecule has 2 nitrogen and oxygen atoms in total. The number of hydrogen-bond acceptors (Lipinski definition) is 2. The van der Waals surface area contributed by atoms with Crippen molar-refractivity contribution in [2.75, 3.05) is 0 Å². The zero-order valence-electron chi connectivity index (χ0n) is 11.7. The molecule has 1 aliphatic rings. The van der Waals surface area contributed by atoms with E-state index in [9.17, 15) is 10.1 Å². The van der Waals surface area contributed by atoms with Gasteiger partial charge in [0, 0.05) is 5.41 Å². The maximum atomic E-state index is 12.5. The largest absolute Gasteiger partial charge is 0.297 e. The van der Waals surface area contributed by atoms with Crippen molar-refractivity contribution in [2.45, 2.75) is 66.2 Å². The van der Waals surface area contributed by atoms with Gasteiger partial charge in [-0.25, -0.2) is 0 Å². The third-order valence-corrected chi connectivity index (χ3v) is 4.15. The summed E-state index contributed by atoms with van der Waals surface area (Å²) in [4.78, 5) is 12.5. The van der Waals surface area contributed by atoms with E-state index in [1.54, 1.807) is 0 Å². The first kappa shape index (κ1) is 14.2. The van der Waals surface area contributed by atoms with Gasteiger partial charge in [0.25, 0.3) is 0 Å². The average molecular weight is 235 g/mol. The molecule has 0 aromatic carbocycles. The zero-order valence-corrected chi connectivity index (χ0v) is 11.7.